The maximum atomic E-state index is 12.8. The summed E-state index contributed by atoms with van der Waals surface area (Å²) in [4.78, 5) is 20.4. The molecule has 1 heterocycles. The van der Waals surface area contributed by atoms with Gasteiger partial charge in [-0.2, -0.15) is 0 Å². The quantitative estimate of drug-likeness (QED) is 0.433. The molecule has 0 bridgehead atoms. The van der Waals surface area contributed by atoms with Crippen molar-refractivity contribution in [2.24, 2.45) is 0 Å². The third-order valence-corrected chi connectivity index (χ3v) is 5.86. The fourth-order valence-corrected chi connectivity index (χ4v) is 3.98. The van der Waals surface area contributed by atoms with Crippen molar-refractivity contribution in [1.29, 1.82) is 0 Å². The second-order valence-electron chi connectivity index (χ2n) is 6.72. The van der Waals surface area contributed by atoms with Crippen molar-refractivity contribution in [2.75, 3.05) is 23.3 Å². The number of benzene rings is 2. The number of carbonyl (C=O) groups excluding carboxylic acids is 1. The molecule has 0 aliphatic rings. The van der Waals surface area contributed by atoms with Crippen LogP contribution in [0.5, 0.6) is 11.5 Å². The molecule has 2 N–H and O–H groups in total. The highest BCUT2D eigenvalue weighted by Gasteiger charge is 2.18. The van der Waals surface area contributed by atoms with E-state index in [1.807, 2.05) is 13.8 Å². The molecule has 0 saturated heterocycles. The molecule has 0 atom stereocenters. The van der Waals surface area contributed by atoms with E-state index in [-0.39, 0.29) is 21.4 Å². The number of ether oxygens (including phenoxy) is 2. The van der Waals surface area contributed by atoms with Crippen molar-refractivity contribution < 1.29 is 22.7 Å². The van der Waals surface area contributed by atoms with E-state index in [4.69, 9.17) is 21.1 Å². The fraction of sp³-hybridized carbons (Fsp3) is 0.227. The smallest absolute Gasteiger partial charge is 0.264 e. The van der Waals surface area contributed by atoms with E-state index in [1.54, 1.807) is 12.1 Å². The minimum atomic E-state index is -3.88. The van der Waals surface area contributed by atoms with E-state index in [9.17, 15) is 13.2 Å². The van der Waals surface area contributed by atoms with Crippen molar-refractivity contribution in [1.82, 2.24) is 9.97 Å². The van der Waals surface area contributed by atoms with Gasteiger partial charge in [0.2, 0.25) is 5.95 Å². The zero-order valence-electron chi connectivity index (χ0n) is 18.0. The first-order chi connectivity index (χ1) is 15.8. The Morgan fingerprint density at radius 3 is 2.39 bits per heavy atom. The molecule has 0 unspecified atom stereocenters. The average Bonchev–Trinajstić information content (AvgIpc) is 2.79. The van der Waals surface area contributed by atoms with Crippen LogP contribution in [0.15, 0.2) is 59.8 Å². The largest absolute Gasteiger partial charge is 0.490 e. The third kappa shape index (κ3) is 6.33. The number of nitrogens with one attached hydrogen (secondary N) is 2. The van der Waals surface area contributed by atoms with Crippen molar-refractivity contribution in [3.63, 3.8) is 0 Å². The van der Waals surface area contributed by atoms with Crippen molar-refractivity contribution >= 4 is 39.2 Å². The number of sulfonamides is 1. The molecule has 1 amide bonds. The number of hydrogen-bond acceptors (Lipinski definition) is 7. The molecule has 0 aliphatic carbocycles. The Balaban J connectivity index is 1.75. The van der Waals surface area contributed by atoms with Gasteiger partial charge in [-0.1, -0.05) is 18.5 Å². The number of amides is 1. The predicted molar refractivity (Wildman–Crippen MR) is 126 cm³/mol. The van der Waals surface area contributed by atoms with Gasteiger partial charge < -0.3 is 14.8 Å². The molecule has 0 spiro atoms. The molecule has 0 radical (unpaired) electrons. The number of nitrogens with zero attached hydrogens (tertiary/aromatic N) is 2. The highest BCUT2D eigenvalue weighted by Crippen LogP contribution is 2.37. The lowest BCUT2D eigenvalue weighted by atomic mass is 10.1. The van der Waals surface area contributed by atoms with Gasteiger partial charge in [0.05, 0.1) is 23.1 Å². The van der Waals surface area contributed by atoms with Crippen molar-refractivity contribution in [3.05, 3.63) is 65.4 Å². The van der Waals surface area contributed by atoms with Gasteiger partial charge in [-0.15, -0.1) is 0 Å². The molecule has 2 aromatic carbocycles. The zero-order valence-corrected chi connectivity index (χ0v) is 19.6. The van der Waals surface area contributed by atoms with Crippen LogP contribution in [-0.4, -0.2) is 37.5 Å². The normalized spacial score (nSPS) is 11.0. The average molecular weight is 491 g/mol. The van der Waals surface area contributed by atoms with E-state index in [0.29, 0.717) is 30.4 Å². The summed E-state index contributed by atoms with van der Waals surface area (Å²) in [5.74, 6) is 0.287. The van der Waals surface area contributed by atoms with Crippen molar-refractivity contribution in [2.45, 2.75) is 25.2 Å². The molecular formula is C22H23ClN4O5S. The molecule has 0 fully saturated rings. The van der Waals surface area contributed by atoms with Crippen LogP contribution in [0.3, 0.4) is 0 Å². The Bertz CT molecular complexity index is 1210. The van der Waals surface area contributed by atoms with Crippen LogP contribution in [0.1, 0.15) is 30.6 Å². The van der Waals surface area contributed by atoms with Gasteiger partial charge in [-0.25, -0.2) is 23.1 Å². The Labute approximate surface area is 197 Å². The predicted octanol–water partition coefficient (Wildman–Crippen LogP) is 4.37. The van der Waals surface area contributed by atoms with Crippen LogP contribution < -0.4 is 19.5 Å². The van der Waals surface area contributed by atoms with Crippen LogP contribution in [0, 0.1) is 0 Å². The number of hydrogen-bond donors (Lipinski definition) is 2. The van der Waals surface area contributed by atoms with Gasteiger partial charge in [0.15, 0.2) is 11.5 Å². The van der Waals surface area contributed by atoms with Crippen LogP contribution in [0.25, 0.3) is 0 Å². The Hall–Kier alpha value is -3.37. The van der Waals surface area contributed by atoms with E-state index in [0.717, 1.165) is 6.42 Å². The highest BCUT2D eigenvalue weighted by atomic mass is 35.5. The zero-order chi connectivity index (χ0) is 23.8. The molecule has 9 nitrogen and oxygen atoms in total. The van der Waals surface area contributed by atoms with E-state index < -0.39 is 15.9 Å². The third-order valence-electron chi connectivity index (χ3n) is 4.24. The molecule has 11 heteroatoms. The van der Waals surface area contributed by atoms with E-state index in [2.05, 4.69) is 20.0 Å². The minimum Gasteiger partial charge on any atom is -0.490 e. The molecule has 0 saturated carbocycles. The molecule has 0 aliphatic heterocycles. The van der Waals surface area contributed by atoms with Crippen LogP contribution in [0.4, 0.5) is 11.6 Å². The minimum absolute atomic E-state index is 0.00736. The Morgan fingerprint density at radius 2 is 1.76 bits per heavy atom. The summed E-state index contributed by atoms with van der Waals surface area (Å²) in [5, 5.41) is 2.97. The molecule has 174 valence electrons. The fourth-order valence-electron chi connectivity index (χ4n) is 2.76. The lowest BCUT2D eigenvalue weighted by Gasteiger charge is -2.15. The summed E-state index contributed by atoms with van der Waals surface area (Å²) in [7, 11) is -3.88. The molecule has 3 rings (SSSR count). The molecule has 33 heavy (non-hydrogen) atoms. The first-order valence-electron chi connectivity index (χ1n) is 10.1. The maximum absolute atomic E-state index is 12.8. The summed E-state index contributed by atoms with van der Waals surface area (Å²) in [6, 6.07) is 10.3. The maximum Gasteiger partial charge on any atom is 0.264 e. The van der Waals surface area contributed by atoms with Gasteiger partial charge in [0.25, 0.3) is 15.9 Å². The van der Waals surface area contributed by atoms with Gasteiger partial charge >= 0.3 is 0 Å². The van der Waals surface area contributed by atoms with Crippen LogP contribution in [0.2, 0.25) is 5.02 Å². The Kier molecular flexibility index (Phi) is 8.07. The number of anilines is 2. The van der Waals surface area contributed by atoms with Crippen LogP contribution >= 0.6 is 11.6 Å². The first-order valence-corrected chi connectivity index (χ1v) is 12.0. The van der Waals surface area contributed by atoms with Gasteiger partial charge in [-0.3, -0.25) is 4.79 Å². The summed E-state index contributed by atoms with van der Waals surface area (Å²) in [5.41, 5.74) is 0.669. The number of rotatable bonds is 10. The second kappa shape index (κ2) is 11.0. The van der Waals surface area contributed by atoms with Gasteiger partial charge in [0.1, 0.15) is 0 Å². The monoisotopic (exact) mass is 490 g/mol. The van der Waals surface area contributed by atoms with Gasteiger partial charge in [0, 0.05) is 23.6 Å². The van der Waals surface area contributed by atoms with Crippen LogP contribution in [-0.2, 0) is 10.0 Å². The number of aromatic nitrogens is 2. The SMILES string of the molecule is CCCOc1c(Cl)cc(C(=O)Nc2ccc(S(=O)(=O)Nc3ncccn3)cc2)cc1OCC. The standard InChI is InChI=1S/C22H23ClN4O5S/c1-3-12-32-20-18(23)13-15(14-19(20)31-4-2)21(28)26-16-6-8-17(9-7-16)33(29,30)27-22-24-10-5-11-25-22/h5-11,13-14H,3-4,12H2,1-2H3,(H,26,28)(H,24,25,27). The Morgan fingerprint density at radius 1 is 1.06 bits per heavy atom. The summed E-state index contributed by atoms with van der Waals surface area (Å²) in [6.45, 7) is 4.63. The summed E-state index contributed by atoms with van der Waals surface area (Å²) < 4.78 is 38.5. The second-order valence-corrected chi connectivity index (χ2v) is 8.81. The number of halogens is 1. The summed E-state index contributed by atoms with van der Waals surface area (Å²) in [6.07, 6.45) is 3.65. The van der Waals surface area contributed by atoms with E-state index in [1.165, 1.54) is 42.7 Å². The topological polar surface area (TPSA) is 120 Å². The summed E-state index contributed by atoms with van der Waals surface area (Å²) >= 11 is 6.32. The lowest BCUT2D eigenvalue weighted by molar-refractivity contribution is 0.102. The highest BCUT2D eigenvalue weighted by molar-refractivity contribution is 7.92. The van der Waals surface area contributed by atoms with Gasteiger partial charge in [-0.05, 0) is 55.8 Å². The number of carbonyl (C=O) groups is 1. The molecule has 1 aromatic heterocycles. The molecule has 3 aromatic rings. The molecular weight excluding hydrogens is 468 g/mol. The lowest BCUT2D eigenvalue weighted by Crippen LogP contribution is -2.15. The van der Waals surface area contributed by atoms with Crippen molar-refractivity contribution in [3.8, 4) is 11.5 Å². The first kappa shape index (κ1) is 24.3. The van der Waals surface area contributed by atoms with E-state index >= 15 is 0 Å².